The molecule has 1 aromatic heterocycles. The molecular formula is C27H29ClN2O7. The molecule has 0 bridgehead atoms. The van der Waals surface area contributed by atoms with Gasteiger partial charge in [0.1, 0.15) is 27.9 Å². The molecule has 0 spiro atoms. The van der Waals surface area contributed by atoms with E-state index in [0.29, 0.717) is 47.1 Å². The van der Waals surface area contributed by atoms with E-state index in [9.17, 15) is 5.11 Å². The molecule has 10 heteroatoms. The van der Waals surface area contributed by atoms with Gasteiger partial charge in [-0.25, -0.2) is 5.48 Å². The van der Waals surface area contributed by atoms with Crippen LogP contribution in [-0.4, -0.2) is 44.9 Å². The maximum absolute atomic E-state index is 12.4. The van der Waals surface area contributed by atoms with Crippen molar-refractivity contribution in [1.29, 1.82) is 0 Å². The van der Waals surface area contributed by atoms with E-state index in [4.69, 9.17) is 35.3 Å². The standard InChI is InChI=1S/C25H24ClNO5.C2H5NO2/c1-29-16-9-7-15(8-10-16)25-17(18-6-4-5-13-27-18)11-12-24(25,28)21-19(32-25)14-20(30-2)22(26)23(21)31-3;1-5-3-2-4/h4-10,13-14,17,28H,11-12H2,1-3H3;2H,1H3,(H,3,4). The fraction of sp³-hybridized carbons (Fsp3) is 0.333. The molecule has 37 heavy (non-hydrogen) atoms. The third-order valence-electron chi connectivity index (χ3n) is 6.89. The van der Waals surface area contributed by atoms with Gasteiger partial charge in [-0.15, -0.1) is 0 Å². The lowest BCUT2D eigenvalue weighted by molar-refractivity contribution is -0.118. The number of fused-ring (bicyclic) bond motifs is 3. The van der Waals surface area contributed by atoms with Crippen LogP contribution in [0.5, 0.6) is 23.0 Å². The van der Waals surface area contributed by atoms with Crippen molar-refractivity contribution in [3.8, 4) is 23.0 Å². The van der Waals surface area contributed by atoms with Crippen molar-refractivity contribution >= 4 is 18.0 Å². The Labute approximate surface area is 220 Å². The van der Waals surface area contributed by atoms with E-state index in [1.807, 2.05) is 47.9 Å². The highest BCUT2D eigenvalue weighted by Crippen LogP contribution is 2.69. The maximum atomic E-state index is 12.4. The fourth-order valence-electron chi connectivity index (χ4n) is 5.39. The lowest BCUT2D eigenvalue weighted by Crippen LogP contribution is -2.48. The lowest BCUT2D eigenvalue weighted by Gasteiger charge is -2.40. The number of amides is 1. The fourth-order valence-corrected chi connectivity index (χ4v) is 5.70. The summed E-state index contributed by atoms with van der Waals surface area (Å²) in [5, 5.41) is 12.7. The Hall–Kier alpha value is -3.53. The van der Waals surface area contributed by atoms with Gasteiger partial charge in [-0.3, -0.25) is 14.6 Å². The van der Waals surface area contributed by atoms with Crippen molar-refractivity contribution in [2.24, 2.45) is 0 Å². The molecule has 9 nitrogen and oxygen atoms in total. The van der Waals surface area contributed by atoms with Crippen LogP contribution in [0, 0.1) is 0 Å². The predicted molar refractivity (Wildman–Crippen MR) is 136 cm³/mol. The zero-order valence-electron chi connectivity index (χ0n) is 21.0. The normalized spacial score (nSPS) is 23.0. The van der Waals surface area contributed by atoms with E-state index in [0.717, 1.165) is 17.0 Å². The number of methoxy groups -OCH3 is 3. The van der Waals surface area contributed by atoms with Crippen LogP contribution in [-0.2, 0) is 20.8 Å². The minimum Gasteiger partial charge on any atom is -0.497 e. The van der Waals surface area contributed by atoms with Crippen molar-refractivity contribution in [3.05, 3.63) is 76.6 Å². The van der Waals surface area contributed by atoms with Gasteiger partial charge < -0.3 is 24.1 Å². The van der Waals surface area contributed by atoms with E-state index in [1.165, 1.54) is 21.3 Å². The molecule has 1 fully saturated rings. The highest BCUT2D eigenvalue weighted by Gasteiger charge is 2.70. The Morgan fingerprint density at radius 1 is 1.11 bits per heavy atom. The van der Waals surface area contributed by atoms with E-state index >= 15 is 0 Å². The highest BCUT2D eigenvalue weighted by atomic mass is 35.5. The van der Waals surface area contributed by atoms with Crippen molar-refractivity contribution in [3.63, 3.8) is 0 Å². The number of halogens is 1. The summed E-state index contributed by atoms with van der Waals surface area (Å²) in [6.45, 7) is 0. The molecule has 0 saturated heterocycles. The summed E-state index contributed by atoms with van der Waals surface area (Å²) in [6.07, 6.45) is 3.34. The van der Waals surface area contributed by atoms with Crippen molar-refractivity contribution < 1.29 is 33.7 Å². The Balaban J connectivity index is 0.000000586. The van der Waals surface area contributed by atoms with Crippen LogP contribution >= 0.6 is 11.6 Å². The number of ether oxygens (including phenoxy) is 4. The summed E-state index contributed by atoms with van der Waals surface area (Å²) >= 11 is 6.58. The molecule has 0 radical (unpaired) electrons. The topological polar surface area (TPSA) is 108 Å². The summed E-state index contributed by atoms with van der Waals surface area (Å²) in [7, 11) is 6.06. The molecule has 2 aliphatic rings. The van der Waals surface area contributed by atoms with E-state index in [1.54, 1.807) is 19.4 Å². The first-order chi connectivity index (χ1) is 17.9. The minimum atomic E-state index is -1.39. The minimum absolute atomic E-state index is 0.205. The molecule has 1 aliphatic heterocycles. The van der Waals surface area contributed by atoms with Crippen LogP contribution in [0.15, 0.2) is 54.7 Å². The van der Waals surface area contributed by atoms with Crippen LogP contribution in [0.2, 0.25) is 5.02 Å². The summed E-state index contributed by atoms with van der Waals surface area (Å²) in [6, 6.07) is 15.1. The molecule has 3 atom stereocenters. The predicted octanol–water partition coefficient (Wildman–Crippen LogP) is 4.11. The van der Waals surface area contributed by atoms with Gasteiger partial charge in [-0.1, -0.05) is 29.8 Å². The zero-order valence-corrected chi connectivity index (χ0v) is 21.7. The molecule has 2 N–H and O–H groups in total. The molecular weight excluding hydrogens is 500 g/mol. The first kappa shape index (κ1) is 26.5. The number of hydrogen-bond acceptors (Lipinski definition) is 8. The zero-order chi connectivity index (χ0) is 26.6. The second-order valence-corrected chi connectivity index (χ2v) is 8.89. The lowest BCUT2D eigenvalue weighted by atomic mass is 9.72. The number of aromatic nitrogens is 1. The number of carbonyl (C=O) groups is 1. The molecule has 3 unspecified atom stereocenters. The van der Waals surface area contributed by atoms with Gasteiger partial charge in [0.25, 0.3) is 0 Å². The number of hydrogen-bond donors (Lipinski definition) is 2. The Kier molecular flexibility index (Phi) is 7.77. The molecule has 2 heterocycles. The summed E-state index contributed by atoms with van der Waals surface area (Å²) < 4.78 is 23.2. The van der Waals surface area contributed by atoms with E-state index < -0.39 is 11.2 Å². The van der Waals surface area contributed by atoms with Crippen LogP contribution in [0.3, 0.4) is 0 Å². The van der Waals surface area contributed by atoms with Crippen LogP contribution in [0.25, 0.3) is 0 Å². The van der Waals surface area contributed by atoms with Crippen LogP contribution < -0.4 is 24.4 Å². The average Bonchev–Trinajstić information content (AvgIpc) is 3.36. The molecule has 1 saturated carbocycles. The smallest absolute Gasteiger partial charge is 0.230 e. The largest absolute Gasteiger partial charge is 0.497 e. The maximum Gasteiger partial charge on any atom is 0.230 e. The number of aliphatic hydroxyl groups is 1. The monoisotopic (exact) mass is 528 g/mol. The summed E-state index contributed by atoms with van der Waals surface area (Å²) in [4.78, 5) is 17.9. The molecule has 1 amide bonds. The summed E-state index contributed by atoms with van der Waals surface area (Å²) in [5.74, 6) is 1.79. The number of rotatable bonds is 7. The van der Waals surface area contributed by atoms with Gasteiger partial charge in [0.2, 0.25) is 6.41 Å². The first-order valence-corrected chi connectivity index (χ1v) is 11.9. The first-order valence-electron chi connectivity index (χ1n) is 11.6. The third kappa shape index (κ3) is 4.22. The van der Waals surface area contributed by atoms with Gasteiger partial charge in [0.15, 0.2) is 11.4 Å². The van der Waals surface area contributed by atoms with Crippen molar-refractivity contribution in [2.45, 2.75) is 30.0 Å². The van der Waals surface area contributed by atoms with Gasteiger partial charge in [-0.05, 0) is 42.7 Å². The molecule has 196 valence electrons. The summed E-state index contributed by atoms with van der Waals surface area (Å²) in [5.41, 5.74) is 1.63. The molecule has 1 aliphatic carbocycles. The van der Waals surface area contributed by atoms with Gasteiger partial charge >= 0.3 is 0 Å². The van der Waals surface area contributed by atoms with Gasteiger partial charge in [-0.2, -0.15) is 0 Å². The highest BCUT2D eigenvalue weighted by molar-refractivity contribution is 6.33. The SMILES string of the molecule is CONC=O.COc1ccc(C23Oc4cc(OC)c(Cl)c(OC)c4C2(O)CCC3c2ccccn2)cc1. The number of hydroxylamine groups is 1. The van der Waals surface area contributed by atoms with E-state index in [-0.39, 0.29) is 5.92 Å². The van der Waals surface area contributed by atoms with Crippen LogP contribution in [0.4, 0.5) is 0 Å². The molecule has 5 rings (SSSR count). The quantitative estimate of drug-likeness (QED) is 0.348. The number of nitrogens with one attached hydrogen (secondary N) is 1. The van der Waals surface area contributed by atoms with E-state index in [2.05, 4.69) is 9.82 Å². The second-order valence-electron chi connectivity index (χ2n) is 8.51. The Bertz CT molecular complexity index is 1240. The van der Waals surface area contributed by atoms with Crippen molar-refractivity contribution in [1.82, 2.24) is 10.5 Å². The second kappa shape index (κ2) is 10.8. The molecule has 3 aromatic rings. The Morgan fingerprint density at radius 2 is 1.86 bits per heavy atom. The number of nitrogens with zero attached hydrogens (tertiary/aromatic N) is 1. The van der Waals surface area contributed by atoms with Crippen LogP contribution in [0.1, 0.15) is 35.6 Å². The van der Waals surface area contributed by atoms with Gasteiger partial charge in [0.05, 0.1) is 34.0 Å². The number of carbonyl (C=O) groups excluding carboxylic acids is 1. The number of benzene rings is 2. The molecule has 2 aromatic carbocycles. The average molecular weight is 529 g/mol. The Morgan fingerprint density at radius 3 is 2.41 bits per heavy atom. The number of pyridine rings is 1. The van der Waals surface area contributed by atoms with Gasteiger partial charge in [0, 0.05) is 23.9 Å². The van der Waals surface area contributed by atoms with Crippen molar-refractivity contribution in [2.75, 3.05) is 28.4 Å². The third-order valence-corrected chi connectivity index (χ3v) is 7.25.